The number of halogens is 1. The van der Waals surface area contributed by atoms with Crippen LogP contribution in [0.3, 0.4) is 0 Å². The molecule has 0 spiro atoms. The summed E-state index contributed by atoms with van der Waals surface area (Å²) in [5.41, 5.74) is 1.46. The lowest BCUT2D eigenvalue weighted by molar-refractivity contribution is 0.101. The summed E-state index contributed by atoms with van der Waals surface area (Å²) in [6.45, 7) is 3.37. The van der Waals surface area contributed by atoms with E-state index in [0.717, 1.165) is 5.56 Å². The summed E-state index contributed by atoms with van der Waals surface area (Å²) in [7, 11) is 1.58. The molecule has 13 heavy (non-hydrogen) atoms. The third-order valence-corrected chi connectivity index (χ3v) is 2.18. The smallest absolute Gasteiger partial charge is 0.161 e. The zero-order valence-corrected chi connectivity index (χ0v) is 8.61. The van der Waals surface area contributed by atoms with E-state index in [0.29, 0.717) is 16.3 Å². The maximum Gasteiger partial charge on any atom is 0.161 e. The molecule has 0 heterocycles. The van der Waals surface area contributed by atoms with E-state index in [2.05, 4.69) is 0 Å². The fourth-order valence-corrected chi connectivity index (χ4v) is 1.44. The molecule has 0 amide bonds. The fourth-order valence-electron chi connectivity index (χ4n) is 1.15. The van der Waals surface area contributed by atoms with Gasteiger partial charge in [-0.2, -0.15) is 0 Å². The molecule has 2 nitrogen and oxygen atoms in total. The van der Waals surface area contributed by atoms with Gasteiger partial charge in [0.05, 0.1) is 12.1 Å². The first kappa shape index (κ1) is 10.1. The Labute approximate surface area is 82.5 Å². The van der Waals surface area contributed by atoms with Gasteiger partial charge in [-0.1, -0.05) is 11.6 Å². The third-order valence-electron chi connectivity index (χ3n) is 1.86. The highest BCUT2D eigenvalue weighted by atomic mass is 35.5. The maximum absolute atomic E-state index is 11.1. The van der Waals surface area contributed by atoms with E-state index in [9.17, 15) is 4.79 Å². The van der Waals surface area contributed by atoms with Gasteiger partial charge in [-0.05, 0) is 31.5 Å². The highest BCUT2D eigenvalue weighted by molar-refractivity contribution is 6.34. The van der Waals surface area contributed by atoms with Crippen LogP contribution in [0.2, 0.25) is 5.02 Å². The van der Waals surface area contributed by atoms with E-state index >= 15 is 0 Å². The summed E-state index contributed by atoms with van der Waals surface area (Å²) in [6.07, 6.45) is 0. The Balaban J connectivity index is 3.28. The molecule has 0 N–H and O–H groups in total. The number of rotatable bonds is 2. The van der Waals surface area contributed by atoms with E-state index in [1.165, 1.54) is 6.92 Å². The highest BCUT2D eigenvalue weighted by Gasteiger charge is 2.09. The lowest BCUT2D eigenvalue weighted by Gasteiger charge is -2.07. The van der Waals surface area contributed by atoms with Gasteiger partial charge in [0.25, 0.3) is 0 Å². The second-order valence-electron chi connectivity index (χ2n) is 2.86. The largest absolute Gasteiger partial charge is 0.496 e. The van der Waals surface area contributed by atoms with Gasteiger partial charge in [-0.25, -0.2) is 0 Å². The van der Waals surface area contributed by atoms with Gasteiger partial charge < -0.3 is 4.74 Å². The fraction of sp³-hybridized carbons (Fsp3) is 0.300. The Hall–Kier alpha value is -1.02. The highest BCUT2D eigenvalue weighted by Crippen LogP contribution is 2.26. The molecule has 1 rings (SSSR count). The van der Waals surface area contributed by atoms with Crippen LogP contribution in [-0.2, 0) is 0 Å². The van der Waals surface area contributed by atoms with Crippen LogP contribution in [0.5, 0.6) is 5.75 Å². The molecule has 0 aromatic heterocycles. The molecule has 0 atom stereocenters. The quantitative estimate of drug-likeness (QED) is 0.684. The van der Waals surface area contributed by atoms with Crippen LogP contribution in [0, 0.1) is 6.92 Å². The van der Waals surface area contributed by atoms with Crippen molar-refractivity contribution in [1.82, 2.24) is 0 Å². The summed E-state index contributed by atoms with van der Waals surface area (Å²) in [5.74, 6) is 0.672. The van der Waals surface area contributed by atoms with Gasteiger partial charge in [0, 0.05) is 5.56 Å². The van der Waals surface area contributed by atoms with Crippen LogP contribution in [0.1, 0.15) is 22.8 Å². The minimum Gasteiger partial charge on any atom is -0.496 e. The van der Waals surface area contributed by atoms with Crippen molar-refractivity contribution in [1.29, 1.82) is 0 Å². The number of methoxy groups -OCH3 is 1. The molecule has 1 aromatic rings. The van der Waals surface area contributed by atoms with Crippen molar-refractivity contribution < 1.29 is 9.53 Å². The Morgan fingerprint density at radius 1 is 1.46 bits per heavy atom. The number of ketones is 1. The minimum absolute atomic E-state index is 0.0317. The topological polar surface area (TPSA) is 26.3 Å². The SMILES string of the molecule is COc1cc(Cl)c(C(C)=O)cc1C. The molecular formula is C10H11ClO2. The van der Waals surface area contributed by atoms with Crippen LogP contribution in [0.15, 0.2) is 12.1 Å². The molecule has 1 aromatic carbocycles. The normalized spacial score (nSPS) is 9.85. The van der Waals surface area contributed by atoms with Gasteiger partial charge in [-0.15, -0.1) is 0 Å². The zero-order chi connectivity index (χ0) is 10.0. The van der Waals surface area contributed by atoms with Crippen molar-refractivity contribution in [3.8, 4) is 5.75 Å². The third kappa shape index (κ3) is 2.01. The first-order chi connectivity index (χ1) is 6.06. The van der Waals surface area contributed by atoms with Crippen LogP contribution in [0.25, 0.3) is 0 Å². The average molecular weight is 199 g/mol. The predicted molar refractivity (Wildman–Crippen MR) is 52.7 cm³/mol. The van der Waals surface area contributed by atoms with E-state index < -0.39 is 0 Å². The van der Waals surface area contributed by atoms with Gasteiger partial charge in [0.1, 0.15) is 5.75 Å². The average Bonchev–Trinajstić information content (AvgIpc) is 2.07. The monoisotopic (exact) mass is 198 g/mol. The van der Waals surface area contributed by atoms with E-state index in [4.69, 9.17) is 16.3 Å². The lowest BCUT2D eigenvalue weighted by atomic mass is 10.1. The number of carbonyl (C=O) groups is 1. The number of aryl methyl sites for hydroxylation is 1. The molecular weight excluding hydrogens is 188 g/mol. The molecule has 0 aliphatic heterocycles. The molecule has 0 bridgehead atoms. The number of ether oxygens (including phenoxy) is 1. The summed E-state index contributed by atoms with van der Waals surface area (Å²) in [4.78, 5) is 11.1. The second-order valence-corrected chi connectivity index (χ2v) is 3.27. The Morgan fingerprint density at radius 3 is 2.54 bits per heavy atom. The number of hydrogen-bond acceptors (Lipinski definition) is 2. The Kier molecular flexibility index (Phi) is 2.94. The predicted octanol–water partition coefficient (Wildman–Crippen LogP) is 2.86. The van der Waals surface area contributed by atoms with Gasteiger partial charge in [0.15, 0.2) is 5.78 Å². The standard InChI is InChI=1S/C10H11ClO2/c1-6-4-8(7(2)12)9(11)5-10(6)13-3/h4-5H,1-3H3. The molecule has 0 aliphatic rings. The van der Waals surface area contributed by atoms with Gasteiger partial charge >= 0.3 is 0 Å². The van der Waals surface area contributed by atoms with E-state index in [1.807, 2.05) is 6.92 Å². The van der Waals surface area contributed by atoms with Crippen molar-refractivity contribution in [3.05, 3.63) is 28.3 Å². The number of carbonyl (C=O) groups excluding carboxylic acids is 1. The molecule has 0 saturated carbocycles. The molecule has 0 radical (unpaired) electrons. The Bertz CT molecular complexity index is 345. The molecule has 70 valence electrons. The van der Waals surface area contributed by atoms with Crippen LogP contribution in [0.4, 0.5) is 0 Å². The molecule has 0 unspecified atom stereocenters. The van der Waals surface area contributed by atoms with Crippen molar-refractivity contribution in [2.24, 2.45) is 0 Å². The van der Waals surface area contributed by atoms with Crippen molar-refractivity contribution in [2.45, 2.75) is 13.8 Å². The second kappa shape index (κ2) is 3.79. The summed E-state index contributed by atoms with van der Waals surface area (Å²) in [6, 6.07) is 3.40. The molecule has 0 saturated heterocycles. The summed E-state index contributed by atoms with van der Waals surface area (Å²) in [5, 5.41) is 0.440. The van der Waals surface area contributed by atoms with Crippen LogP contribution < -0.4 is 4.74 Å². The number of hydrogen-bond donors (Lipinski definition) is 0. The van der Waals surface area contributed by atoms with Gasteiger partial charge in [-0.3, -0.25) is 4.79 Å². The minimum atomic E-state index is -0.0317. The van der Waals surface area contributed by atoms with E-state index in [-0.39, 0.29) is 5.78 Å². The number of Topliss-reactive ketones (excluding diaryl/α,β-unsaturated/α-hetero) is 1. The first-order valence-corrected chi connectivity index (χ1v) is 4.29. The van der Waals surface area contributed by atoms with Crippen LogP contribution >= 0.6 is 11.6 Å². The van der Waals surface area contributed by atoms with Crippen molar-refractivity contribution >= 4 is 17.4 Å². The lowest BCUT2D eigenvalue weighted by Crippen LogP contribution is -1.96. The molecule has 0 aliphatic carbocycles. The summed E-state index contributed by atoms with van der Waals surface area (Å²) < 4.78 is 5.06. The summed E-state index contributed by atoms with van der Waals surface area (Å²) >= 11 is 5.87. The van der Waals surface area contributed by atoms with Crippen molar-refractivity contribution in [3.63, 3.8) is 0 Å². The zero-order valence-electron chi connectivity index (χ0n) is 7.85. The Morgan fingerprint density at radius 2 is 2.08 bits per heavy atom. The maximum atomic E-state index is 11.1. The van der Waals surface area contributed by atoms with Crippen LogP contribution in [-0.4, -0.2) is 12.9 Å². The first-order valence-electron chi connectivity index (χ1n) is 3.91. The van der Waals surface area contributed by atoms with E-state index in [1.54, 1.807) is 19.2 Å². The molecule has 3 heteroatoms. The van der Waals surface area contributed by atoms with Gasteiger partial charge in [0.2, 0.25) is 0 Å². The molecule has 0 fully saturated rings. The number of benzene rings is 1. The van der Waals surface area contributed by atoms with Crippen molar-refractivity contribution in [2.75, 3.05) is 7.11 Å².